The maximum Gasteiger partial charge on any atom is 0.242 e. The molecule has 2 aromatic rings. The molecule has 0 aromatic carbocycles. The molecule has 2 aromatic heterocycles. The lowest BCUT2D eigenvalue weighted by atomic mass is 10.2. The van der Waals surface area contributed by atoms with Crippen molar-refractivity contribution in [3.8, 4) is 0 Å². The average Bonchev–Trinajstić information content (AvgIpc) is 3.26. The third-order valence-electron chi connectivity index (χ3n) is 4.23. The first kappa shape index (κ1) is 19.4. The number of rotatable bonds is 9. The average molecular weight is 392 g/mol. The maximum absolute atomic E-state index is 12.1. The highest BCUT2D eigenvalue weighted by Crippen LogP contribution is 2.24. The SMILES string of the molecule is CCCNc1nc(SCC)nc2c1cnn2CCNC(=O)C1CCC(=O)N1. The Bertz CT molecular complexity index is 823. The highest BCUT2D eigenvalue weighted by atomic mass is 32.2. The molecule has 10 heteroatoms. The van der Waals surface area contributed by atoms with Gasteiger partial charge >= 0.3 is 0 Å². The Labute approximate surface area is 162 Å². The zero-order valence-electron chi connectivity index (χ0n) is 15.6. The molecule has 0 spiro atoms. The van der Waals surface area contributed by atoms with E-state index in [0.29, 0.717) is 31.1 Å². The molecular formula is C17H25N7O2S. The summed E-state index contributed by atoms with van der Waals surface area (Å²) in [4.78, 5) is 32.5. The Hall–Kier alpha value is -2.36. The maximum atomic E-state index is 12.1. The second-order valence-corrected chi connectivity index (χ2v) is 7.50. The van der Waals surface area contributed by atoms with E-state index >= 15 is 0 Å². The highest BCUT2D eigenvalue weighted by Gasteiger charge is 2.26. The molecule has 3 heterocycles. The summed E-state index contributed by atoms with van der Waals surface area (Å²) in [7, 11) is 0. The molecule has 3 N–H and O–H groups in total. The minimum absolute atomic E-state index is 0.0713. The molecule has 1 saturated heterocycles. The van der Waals surface area contributed by atoms with Crippen LogP contribution in [0.25, 0.3) is 11.0 Å². The Morgan fingerprint density at radius 1 is 1.37 bits per heavy atom. The van der Waals surface area contributed by atoms with Crippen molar-refractivity contribution in [3.63, 3.8) is 0 Å². The van der Waals surface area contributed by atoms with Gasteiger partial charge in [0, 0.05) is 19.5 Å². The molecule has 0 bridgehead atoms. The van der Waals surface area contributed by atoms with Crippen molar-refractivity contribution >= 4 is 40.4 Å². The fraction of sp³-hybridized carbons (Fsp3) is 0.588. The topological polar surface area (TPSA) is 114 Å². The number of nitrogens with one attached hydrogen (secondary N) is 3. The van der Waals surface area contributed by atoms with Crippen molar-refractivity contribution < 1.29 is 9.59 Å². The molecule has 1 aliphatic heterocycles. The molecule has 9 nitrogen and oxygen atoms in total. The summed E-state index contributed by atoms with van der Waals surface area (Å²) in [5, 5.41) is 14.9. The van der Waals surface area contributed by atoms with Gasteiger partial charge in [-0.25, -0.2) is 14.6 Å². The van der Waals surface area contributed by atoms with Crippen molar-refractivity contribution in [1.82, 2.24) is 30.4 Å². The van der Waals surface area contributed by atoms with E-state index in [1.807, 2.05) is 0 Å². The molecule has 0 saturated carbocycles. The van der Waals surface area contributed by atoms with Crippen LogP contribution in [0.4, 0.5) is 5.82 Å². The van der Waals surface area contributed by atoms with Crippen LogP contribution < -0.4 is 16.0 Å². The van der Waals surface area contributed by atoms with E-state index in [2.05, 4.69) is 44.9 Å². The van der Waals surface area contributed by atoms with Crippen LogP contribution in [0.1, 0.15) is 33.1 Å². The van der Waals surface area contributed by atoms with Crippen molar-refractivity contribution in [3.05, 3.63) is 6.20 Å². The lowest BCUT2D eigenvalue weighted by molar-refractivity contribution is -0.125. The van der Waals surface area contributed by atoms with E-state index in [9.17, 15) is 9.59 Å². The number of fused-ring (bicyclic) bond motifs is 1. The van der Waals surface area contributed by atoms with Gasteiger partial charge in [-0.1, -0.05) is 25.6 Å². The molecule has 3 rings (SSSR count). The van der Waals surface area contributed by atoms with Gasteiger partial charge in [-0.2, -0.15) is 5.10 Å². The van der Waals surface area contributed by atoms with E-state index < -0.39 is 6.04 Å². The van der Waals surface area contributed by atoms with Gasteiger partial charge < -0.3 is 16.0 Å². The van der Waals surface area contributed by atoms with Gasteiger partial charge in [-0.05, 0) is 18.6 Å². The van der Waals surface area contributed by atoms with Gasteiger partial charge in [0.05, 0.1) is 18.1 Å². The zero-order valence-corrected chi connectivity index (χ0v) is 16.4. The normalized spacial score (nSPS) is 16.5. The molecule has 2 amide bonds. The van der Waals surface area contributed by atoms with Crippen molar-refractivity contribution in [2.75, 3.05) is 24.2 Å². The van der Waals surface area contributed by atoms with Gasteiger partial charge in [0.15, 0.2) is 10.8 Å². The van der Waals surface area contributed by atoms with E-state index in [0.717, 1.165) is 35.6 Å². The van der Waals surface area contributed by atoms with Gasteiger partial charge in [-0.3, -0.25) is 9.59 Å². The predicted octanol–water partition coefficient (Wildman–Crippen LogP) is 1.16. The summed E-state index contributed by atoms with van der Waals surface area (Å²) in [6.07, 6.45) is 3.71. The summed E-state index contributed by atoms with van der Waals surface area (Å²) in [6.45, 7) is 5.91. The third kappa shape index (κ3) is 4.68. The zero-order chi connectivity index (χ0) is 19.2. The van der Waals surface area contributed by atoms with Gasteiger partial charge in [0.25, 0.3) is 0 Å². The van der Waals surface area contributed by atoms with Gasteiger partial charge in [-0.15, -0.1) is 0 Å². The minimum atomic E-state index is -0.424. The molecule has 0 aliphatic carbocycles. The minimum Gasteiger partial charge on any atom is -0.369 e. The number of thioether (sulfide) groups is 1. The smallest absolute Gasteiger partial charge is 0.242 e. The third-order valence-corrected chi connectivity index (χ3v) is 4.96. The Balaban J connectivity index is 1.69. The predicted molar refractivity (Wildman–Crippen MR) is 105 cm³/mol. The number of anilines is 1. The van der Waals surface area contributed by atoms with Crippen LogP contribution >= 0.6 is 11.8 Å². The largest absolute Gasteiger partial charge is 0.369 e. The molecule has 1 atom stereocenters. The Morgan fingerprint density at radius 2 is 2.22 bits per heavy atom. The van der Waals surface area contributed by atoms with Crippen LogP contribution in [0.5, 0.6) is 0 Å². The summed E-state index contributed by atoms with van der Waals surface area (Å²) >= 11 is 1.58. The quantitative estimate of drug-likeness (QED) is 0.434. The Kier molecular flexibility index (Phi) is 6.49. The van der Waals surface area contributed by atoms with Crippen LogP contribution in [-0.2, 0) is 16.1 Å². The fourth-order valence-electron chi connectivity index (χ4n) is 2.89. The first-order valence-corrected chi connectivity index (χ1v) is 10.3. The lowest BCUT2D eigenvalue weighted by Gasteiger charge is -2.11. The number of nitrogens with zero attached hydrogens (tertiary/aromatic N) is 4. The molecule has 27 heavy (non-hydrogen) atoms. The highest BCUT2D eigenvalue weighted by molar-refractivity contribution is 7.99. The number of aromatic nitrogens is 4. The number of hydrogen-bond acceptors (Lipinski definition) is 7. The summed E-state index contributed by atoms with van der Waals surface area (Å²) < 4.78 is 1.78. The molecule has 1 aliphatic rings. The molecule has 146 valence electrons. The fourth-order valence-corrected chi connectivity index (χ4v) is 3.45. The standard InChI is InChI=1S/C17H25N7O2S/c1-3-7-18-14-11-10-20-24(15(11)23-17(22-14)27-4-2)9-8-19-16(26)12-5-6-13(25)21-12/h10,12H,3-9H2,1-2H3,(H,19,26)(H,21,25)(H,18,22,23). The molecular weight excluding hydrogens is 366 g/mol. The Morgan fingerprint density at radius 3 is 2.93 bits per heavy atom. The number of carbonyl (C=O) groups is 2. The molecule has 1 unspecified atom stereocenters. The van der Waals surface area contributed by atoms with Crippen LogP contribution in [0.3, 0.4) is 0 Å². The van der Waals surface area contributed by atoms with E-state index in [1.165, 1.54) is 0 Å². The van der Waals surface area contributed by atoms with Crippen LogP contribution in [0.15, 0.2) is 11.4 Å². The van der Waals surface area contributed by atoms with Gasteiger partial charge in [0.2, 0.25) is 11.8 Å². The summed E-state index contributed by atoms with van der Waals surface area (Å²) in [5.74, 6) is 1.45. The van der Waals surface area contributed by atoms with Crippen LogP contribution in [0.2, 0.25) is 0 Å². The first-order valence-electron chi connectivity index (χ1n) is 9.29. The van der Waals surface area contributed by atoms with Gasteiger partial charge in [0.1, 0.15) is 11.9 Å². The van der Waals surface area contributed by atoms with Crippen LogP contribution in [0, 0.1) is 0 Å². The van der Waals surface area contributed by atoms with Crippen molar-refractivity contribution in [2.45, 2.75) is 50.9 Å². The molecule has 1 fully saturated rings. The summed E-state index contributed by atoms with van der Waals surface area (Å²) in [6, 6.07) is -0.424. The number of carbonyl (C=O) groups excluding carboxylic acids is 2. The monoisotopic (exact) mass is 391 g/mol. The molecule has 0 radical (unpaired) electrons. The lowest BCUT2D eigenvalue weighted by Crippen LogP contribution is -2.42. The van der Waals surface area contributed by atoms with E-state index in [4.69, 9.17) is 0 Å². The van der Waals surface area contributed by atoms with Crippen LogP contribution in [-0.4, -0.2) is 56.4 Å². The number of hydrogen-bond donors (Lipinski definition) is 3. The van der Waals surface area contributed by atoms with E-state index in [-0.39, 0.29) is 11.8 Å². The second kappa shape index (κ2) is 9.03. The second-order valence-electron chi connectivity index (χ2n) is 6.27. The number of amides is 2. The van der Waals surface area contributed by atoms with Crippen molar-refractivity contribution in [1.29, 1.82) is 0 Å². The summed E-state index contributed by atoms with van der Waals surface area (Å²) in [5.41, 5.74) is 0.753. The van der Waals surface area contributed by atoms with Crippen molar-refractivity contribution in [2.24, 2.45) is 0 Å². The first-order chi connectivity index (χ1) is 13.1. The van der Waals surface area contributed by atoms with E-state index in [1.54, 1.807) is 22.6 Å².